The van der Waals surface area contributed by atoms with Crippen LogP contribution in [0.5, 0.6) is 0 Å². The van der Waals surface area contributed by atoms with Crippen LogP contribution in [0.25, 0.3) is 0 Å². The molecule has 416 valence electrons. The lowest BCUT2D eigenvalue weighted by Crippen LogP contribution is -2.36. The summed E-state index contributed by atoms with van der Waals surface area (Å²) in [5.74, 6) is -5.86. The van der Waals surface area contributed by atoms with Crippen molar-refractivity contribution in [3.8, 4) is 0 Å². The first kappa shape index (κ1) is 73.5. The summed E-state index contributed by atoms with van der Waals surface area (Å²) in [5, 5.41) is 17.1. The monoisotopic (exact) mass is 1070 g/mol. The number of carbonyl (C=O) groups is 8. The van der Waals surface area contributed by atoms with Gasteiger partial charge in [0, 0.05) is 93.2 Å². The highest BCUT2D eigenvalue weighted by Gasteiger charge is 2.28. The molecule has 0 amide bonds. The molecule has 1 saturated heterocycles. The van der Waals surface area contributed by atoms with Gasteiger partial charge >= 0.3 is 64.9 Å². The summed E-state index contributed by atoms with van der Waals surface area (Å²) >= 11 is 0. The number of aliphatic hydroxyl groups excluding tert-OH is 1. The predicted octanol–water partition coefficient (Wildman–Crippen LogP) is 3.91. The van der Waals surface area contributed by atoms with Gasteiger partial charge in [-0.25, -0.2) is 9.59 Å². The lowest BCUT2D eigenvalue weighted by Gasteiger charge is -2.22. The summed E-state index contributed by atoms with van der Waals surface area (Å²) in [6.45, 7) is 23.6. The second kappa shape index (κ2) is 44.7. The van der Waals surface area contributed by atoms with Crippen LogP contribution in [0.4, 0.5) is 0 Å². The average molecular weight is 1070 g/mol. The van der Waals surface area contributed by atoms with Gasteiger partial charge in [-0.1, -0.05) is 13.2 Å². The number of carboxylic acid groups (broad SMARTS) is 1. The van der Waals surface area contributed by atoms with E-state index in [2.05, 4.69) is 53.6 Å². The highest BCUT2D eigenvalue weighted by molar-refractivity contribution is 6.66. The Morgan fingerprint density at radius 2 is 0.944 bits per heavy atom. The summed E-state index contributed by atoms with van der Waals surface area (Å²) < 4.78 is 58.7. The van der Waals surface area contributed by atoms with Gasteiger partial charge in [0.2, 0.25) is 0 Å². The molecular formula is C46H82N2O22Si2. The van der Waals surface area contributed by atoms with Crippen LogP contribution in [-0.4, -0.2) is 194 Å². The van der Waals surface area contributed by atoms with E-state index in [-0.39, 0.29) is 68.8 Å². The number of hydrogen-bond acceptors (Lipinski definition) is 23. The molecule has 0 aromatic heterocycles. The second-order valence-electron chi connectivity index (χ2n) is 15.6. The van der Waals surface area contributed by atoms with E-state index in [1.54, 1.807) is 66.6 Å². The summed E-state index contributed by atoms with van der Waals surface area (Å²) in [5.41, 5.74) is 0.338. The van der Waals surface area contributed by atoms with Crippen LogP contribution >= 0.6 is 0 Å². The van der Waals surface area contributed by atoms with Crippen molar-refractivity contribution in [2.45, 2.75) is 90.4 Å². The Balaban J connectivity index is -0.000000429. The summed E-state index contributed by atoms with van der Waals surface area (Å²) in [6.07, 6.45) is 2.21. The minimum absolute atomic E-state index is 0.00705. The molecule has 72 heavy (non-hydrogen) atoms. The molecule has 2 N–H and O–H groups in total. The Hall–Kier alpha value is -5.01. The fourth-order valence-electron chi connectivity index (χ4n) is 4.42. The van der Waals surface area contributed by atoms with Crippen molar-refractivity contribution in [2.75, 3.05) is 109 Å². The molecule has 0 radical (unpaired) electrons. The van der Waals surface area contributed by atoms with Crippen molar-refractivity contribution >= 4 is 64.9 Å². The molecular weight excluding hydrogens is 989 g/mol. The zero-order chi connectivity index (χ0) is 56.3. The number of carbonyl (C=O) groups excluding carboxylic acids is 7. The third kappa shape index (κ3) is 46.1. The highest BCUT2D eigenvalue weighted by Crippen LogP contribution is 2.14. The molecule has 0 aromatic carbocycles. The van der Waals surface area contributed by atoms with Gasteiger partial charge in [0.1, 0.15) is 6.61 Å². The summed E-state index contributed by atoms with van der Waals surface area (Å²) in [4.78, 5) is 90.2. The van der Waals surface area contributed by atoms with Crippen LogP contribution in [0, 0.1) is 0 Å². The average Bonchev–Trinajstić information content (AvgIpc) is 3.71. The van der Waals surface area contributed by atoms with Crippen LogP contribution in [0.1, 0.15) is 65.2 Å². The summed E-state index contributed by atoms with van der Waals surface area (Å²) in [7, 11) is 10.1. The zero-order valence-electron chi connectivity index (χ0n) is 44.5. The van der Waals surface area contributed by atoms with Gasteiger partial charge < -0.3 is 75.6 Å². The standard InChI is InChI=1S/C16H23NO8.C12H19NO5.2C7H18O3Si.C4H4O3/c1-11(2)16(22)25-12(3)24-15(21)7-8-17(4)9-10-23-14(20)6-5-13(18)19;1-9(2)12(16)18-10(3)17-11(15)5-6-13(4)7-8-14;2*1-8-6-5-7-11(4,9-2)10-3;5-3-1-2-4(6)7-3/h1,3,5-10H2,2,4H3,(H,18,19);14H,1,3,5-8H2,2,4H3;2*5-7H2,1-4H3;1-2H2. The molecule has 1 aliphatic heterocycles. The van der Waals surface area contributed by atoms with Gasteiger partial charge in [-0.3, -0.25) is 28.8 Å². The quantitative estimate of drug-likeness (QED) is 0.0184. The topological polar surface area (TPSA) is 294 Å². The van der Waals surface area contributed by atoms with Gasteiger partial charge in [-0.05, 0) is 79.1 Å². The van der Waals surface area contributed by atoms with E-state index in [0.29, 0.717) is 26.2 Å². The number of esters is 7. The zero-order valence-corrected chi connectivity index (χ0v) is 46.5. The minimum atomic E-state index is -1.81. The minimum Gasteiger partial charge on any atom is -0.481 e. The SMILES string of the molecule is C=C(OC(=O)CCN(C)CCO)OC(=O)C(=C)C.C=C(OC(=O)CCN(C)CCOC(=O)CCC(=O)O)OC(=O)C(=C)C.COCCC[Si](C)(OC)OC.COCCC[Si](C)(OC)OC.O=C1CCC(=O)O1. The van der Waals surface area contributed by atoms with E-state index in [1.165, 1.54) is 13.8 Å². The molecule has 0 unspecified atom stereocenters. The van der Waals surface area contributed by atoms with Crippen molar-refractivity contribution in [1.29, 1.82) is 0 Å². The normalized spacial score (nSPS) is 11.6. The maximum Gasteiger partial charge on any atom is 0.340 e. The van der Waals surface area contributed by atoms with Crippen LogP contribution in [-0.2, 0) is 94.0 Å². The van der Waals surface area contributed by atoms with Crippen LogP contribution in [0.15, 0.2) is 49.4 Å². The molecule has 0 atom stereocenters. The number of aliphatic carboxylic acids is 1. The number of ether oxygens (including phenoxy) is 8. The first-order chi connectivity index (χ1) is 33.6. The Morgan fingerprint density at radius 3 is 1.24 bits per heavy atom. The Kier molecular flexibility index (Phi) is 45.6. The molecule has 26 heteroatoms. The predicted molar refractivity (Wildman–Crippen MR) is 266 cm³/mol. The maximum atomic E-state index is 11.6. The number of carboxylic acids is 1. The van der Waals surface area contributed by atoms with Crippen molar-refractivity contribution in [2.24, 2.45) is 0 Å². The van der Waals surface area contributed by atoms with E-state index in [9.17, 15) is 38.4 Å². The lowest BCUT2D eigenvalue weighted by atomic mass is 10.3. The van der Waals surface area contributed by atoms with Gasteiger partial charge in [0.25, 0.3) is 11.9 Å². The molecule has 0 saturated carbocycles. The fraction of sp³-hybridized carbons (Fsp3) is 0.652. The van der Waals surface area contributed by atoms with Crippen LogP contribution in [0.3, 0.4) is 0 Å². The third-order valence-corrected chi connectivity index (χ3v) is 15.1. The fourth-order valence-corrected chi connectivity index (χ4v) is 7.14. The molecule has 1 fully saturated rings. The number of hydrogen-bond donors (Lipinski definition) is 2. The van der Waals surface area contributed by atoms with Gasteiger partial charge in [0.05, 0.1) is 45.1 Å². The van der Waals surface area contributed by atoms with E-state index in [1.807, 2.05) is 0 Å². The largest absolute Gasteiger partial charge is 0.481 e. The lowest BCUT2D eigenvalue weighted by molar-refractivity contribution is -0.153. The Morgan fingerprint density at radius 1 is 0.569 bits per heavy atom. The number of rotatable bonds is 32. The maximum absolute atomic E-state index is 11.6. The van der Waals surface area contributed by atoms with E-state index >= 15 is 0 Å². The number of methoxy groups -OCH3 is 2. The molecule has 0 aliphatic carbocycles. The van der Waals surface area contributed by atoms with E-state index in [4.69, 9.17) is 51.6 Å². The van der Waals surface area contributed by atoms with Gasteiger partial charge in [0.15, 0.2) is 0 Å². The smallest absolute Gasteiger partial charge is 0.340 e. The molecule has 1 rings (SSSR count). The van der Waals surface area contributed by atoms with Gasteiger partial charge in [-0.2, -0.15) is 0 Å². The highest BCUT2D eigenvalue weighted by atomic mass is 28.4. The Labute approximate surface area is 426 Å². The van der Waals surface area contributed by atoms with Crippen LogP contribution < -0.4 is 0 Å². The van der Waals surface area contributed by atoms with Crippen molar-refractivity contribution < 1.29 is 104 Å². The first-order valence-electron chi connectivity index (χ1n) is 22.5. The molecule has 24 nitrogen and oxygen atoms in total. The molecule has 1 aliphatic rings. The molecule has 0 spiro atoms. The van der Waals surface area contributed by atoms with Crippen LogP contribution in [0.2, 0.25) is 25.2 Å². The first-order valence-corrected chi connectivity index (χ1v) is 27.5. The van der Waals surface area contributed by atoms with Crippen molar-refractivity contribution in [1.82, 2.24) is 9.80 Å². The van der Waals surface area contributed by atoms with E-state index in [0.717, 1.165) is 38.1 Å². The summed E-state index contributed by atoms with van der Waals surface area (Å²) in [6, 6.07) is 1.99. The third-order valence-electron chi connectivity index (χ3n) is 9.17. The number of aliphatic hydroxyl groups is 1. The molecule has 0 aromatic rings. The molecule has 0 bridgehead atoms. The van der Waals surface area contributed by atoms with Crippen molar-refractivity contribution in [3.63, 3.8) is 0 Å². The molecule has 1 heterocycles. The number of nitrogens with zero attached hydrogens (tertiary/aromatic N) is 2. The van der Waals surface area contributed by atoms with E-state index < -0.39 is 70.8 Å². The Bertz CT molecular complexity index is 1650. The second-order valence-corrected chi connectivity index (χ2v) is 22.8. The number of cyclic esters (lactones) is 2. The van der Waals surface area contributed by atoms with Crippen molar-refractivity contribution in [3.05, 3.63) is 49.4 Å². The van der Waals surface area contributed by atoms with Gasteiger partial charge in [-0.15, -0.1) is 0 Å². The number of likely N-dealkylation sites (N-methyl/N-ethyl adjacent to an activating group) is 2.